The molecule has 132 valence electrons. The monoisotopic (exact) mass is 351 g/mol. The highest BCUT2D eigenvalue weighted by Crippen LogP contribution is 2.13. The smallest absolute Gasteiger partial charge is 0.253 e. The number of hydrogen-bond acceptors (Lipinski definition) is 3. The summed E-state index contributed by atoms with van der Waals surface area (Å²) in [4.78, 5) is 30.7. The van der Waals surface area contributed by atoms with Gasteiger partial charge in [-0.25, -0.2) is 0 Å². The maximum absolute atomic E-state index is 12.5. The molecule has 5 nitrogen and oxygen atoms in total. The van der Waals surface area contributed by atoms with Gasteiger partial charge in [-0.05, 0) is 37.4 Å². The number of carbonyl (C=O) groups excluding carboxylic acids is 2. The van der Waals surface area contributed by atoms with Crippen LogP contribution < -0.4 is 0 Å². The highest BCUT2D eigenvalue weighted by Gasteiger charge is 2.24. The Balaban J connectivity index is 1.81. The Kier molecular flexibility index (Phi) is 7.06. The SMILES string of the molecule is CCN(CC)CCC(=O)N1CCN(C(=O)c2ccc(Cl)cc2)CC1. The maximum atomic E-state index is 12.5. The van der Waals surface area contributed by atoms with Crippen molar-refractivity contribution in [3.63, 3.8) is 0 Å². The van der Waals surface area contributed by atoms with Crippen LogP contribution in [0.1, 0.15) is 30.6 Å². The molecule has 1 aliphatic heterocycles. The summed E-state index contributed by atoms with van der Waals surface area (Å²) >= 11 is 5.86. The summed E-state index contributed by atoms with van der Waals surface area (Å²) in [6, 6.07) is 6.93. The maximum Gasteiger partial charge on any atom is 0.253 e. The van der Waals surface area contributed by atoms with Crippen molar-refractivity contribution in [3.05, 3.63) is 34.9 Å². The minimum Gasteiger partial charge on any atom is -0.339 e. The summed E-state index contributed by atoms with van der Waals surface area (Å²) in [5.74, 6) is 0.183. The van der Waals surface area contributed by atoms with Crippen LogP contribution in [0.15, 0.2) is 24.3 Å². The molecule has 1 aromatic carbocycles. The summed E-state index contributed by atoms with van der Waals surface area (Å²) in [6.45, 7) is 9.32. The summed E-state index contributed by atoms with van der Waals surface area (Å²) in [5, 5.41) is 0.621. The first kappa shape index (κ1) is 18.7. The fourth-order valence-electron chi connectivity index (χ4n) is 2.89. The molecule has 24 heavy (non-hydrogen) atoms. The van der Waals surface area contributed by atoms with Crippen LogP contribution in [-0.2, 0) is 4.79 Å². The van der Waals surface area contributed by atoms with E-state index in [0.717, 1.165) is 19.6 Å². The van der Waals surface area contributed by atoms with E-state index in [9.17, 15) is 9.59 Å². The average Bonchev–Trinajstić information content (AvgIpc) is 2.62. The van der Waals surface area contributed by atoms with E-state index in [-0.39, 0.29) is 11.8 Å². The molecule has 1 aromatic rings. The van der Waals surface area contributed by atoms with E-state index in [1.807, 2.05) is 4.90 Å². The van der Waals surface area contributed by atoms with E-state index < -0.39 is 0 Å². The second-order valence-corrected chi connectivity index (χ2v) is 6.39. The minimum atomic E-state index is 0.00177. The van der Waals surface area contributed by atoms with Crippen molar-refractivity contribution < 1.29 is 9.59 Å². The van der Waals surface area contributed by atoms with Gasteiger partial charge in [0.25, 0.3) is 5.91 Å². The van der Waals surface area contributed by atoms with Gasteiger partial charge in [-0.1, -0.05) is 25.4 Å². The van der Waals surface area contributed by atoms with E-state index in [2.05, 4.69) is 18.7 Å². The fourth-order valence-corrected chi connectivity index (χ4v) is 3.01. The average molecular weight is 352 g/mol. The number of rotatable bonds is 6. The van der Waals surface area contributed by atoms with E-state index >= 15 is 0 Å². The van der Waals surface area contributed by atoms with Gasteiger partial charge in [0, 0.05) is 49.7 Å². The van der Waals surface area contributed by atoms with Crippen LogP contribution in [0.2, 0.25) is 5.02 Å². The zero-order valence-corrected chi connectivity index (χ0v) is 15.3. The number of benzene rings is 1. The third-order valence-electron chi connectivity index (χ3n) is 4.55. The normalized spacial score (nSPS) is 15.0. The molecule has 0 spiro atoms. The van der Waals surface area contributed by atoms with Crippen molar-refractivity contribution in [2.45, 2.75) is 20.3 Å². The summed E-state index contributed by atoms with van der Waals surface area (Å²) in [7, 11) is 0. The lowest BCUT2D eigenvalue weighted by Gasteiger charge is -2.35. The van der Waals surface area contributed by atoms with Crippen molar-refractivity contribution in [1.29, 1.82) is 0 Å². The van der Waals surface area contributed by atoms with Crippen molar-refractivity contribution in [2.24, 2.45) is 0 Å². The number of nitrogens with zero attached hydrogens (tertiary/aromatic N) is 3. The third kappa shape index (κ3) is 4.95. The third-order valence-corrected chi connectivity index (χ3v) is 4.80. The molecule has 0 bridgehead atoms. The van der Waals surface area contributed by atoms with Gasteiger partial charge in [-0.3, -0.25) is 9.59 Å². The number of halogens is 1. The van der Waals surface area contributed by atoms with E-state index in [1.165, 1.54) is 0 Å². The van der Waals surface area contributed by atoms with Crippen LogP contribution >= 0.6 is 11.6 Å². The van der Waals surface area contributed by atoms with Crippen LogP contribution in [0.3, 0.4) is 0 Å². The second kappa shape index (κ2) is 9.04. The molecular weight excluding hydrogens is 326 g/mol. The van der Waals surface area contributed by atoms with Crippen LogP contribution in [0, 0.1) is 0 Å². The van der Waals surface area contributed by atoms with Crippen LogP contribution in [0.25, 0.3) is 0 Å². The van der Waals surface area contributed by atoms with Gasteiger partial charge in [0.2, 0.25) is 5.91 Å². The molecule has 0 radical (unpaired) electrons. The zero-order chi connectivity index (χ0) is 17.5. The molecule has 0 N–H and O–H groups in total. The van der Waals surface area contributed by atoms with Crippen molar-refractivity contribution >= 4 is 23.4 Å². The van der Waals surface area contributed by atoms with Crippen molar-refractivity contribution in [3.8, 4) is 0 Å². The fraction of sp³-hybridized carbons (Fsp3) is 0.556. The van der Waals surface area contributed by atoms with E-state index in [0.29, 0.717) is 43.2 Å². The molecule has 6 heteroatoms. The highest BCUT2D eigenvalue weighted by atomic mass is 35.5. The van der Waals surface area contributed by atoms with Gasteiger partial charge in [0.05, 0.1) is 0 Å². The number of amides is 2. The largest absolute Gasteiger partial charge is 0.339 e. The first-order chi connectivity index (χ1) is 11.5. The predicted molar refractivity (Wildman–Crippen MR) is 96.3 cm³/mol. The van der Waals surface area contributed by atoms with Crippen LogP contribution in [0.4, 0.5) is 0 Å². The first-order valence-electron chi connectivity index (χ1n) is 8.60. The van der Waals surface area contributed by atoms with Crippen molar-refractivity contribution in [2.75, 3.05) is 45.8 Å². The Labute approximate surface area is 149 Å². The lowest BCUT2D eigenvalue weighted by molar-refractivity contribution is -0.133. The molecule has 0 aromatic heterocycles. The van der Waals surface area contributed by atoms with Gasteiger partial charge in [0.15, 0.2) is 0 Å². The number of hydrogen-bond donors (Lipinski definition) is 0. The lowest BCUT2D eigenvalue weighted by atomic mass is 10.2. The molecule has 1 fully saturated rings. The van der Waals surface area contributed by atoms with Crippen LogP contribution in [0.5, 0.6) is 0 Å². The Hall–Kier alpha value is -1.59. The Morgan fingerprint density at radius 2 is 1.54 bits per heavy atom. The molecule has 1 heterocycles. The second-order valence-electron chi connectivity index (χ2n) is 5.96. The topological polar surface area (TPSA) is 43.9 Å². The van der Waals surface area contributed by atoms with Gasteiger partial charge < -0.3 is 14.7 Å². The Morgan fingerprint density at radius 3 is 2.08 bits per heavy atom. The molecule has 0 atom stereocenters. The molecular formula is C18H26ClN3O2. The number of piperazine rings is 1. The first-order valence-corrected chi connectivity index (χ1v) is 8.98. The zero-order valence-electron chi connectivity index (χ0n) is 14.5. The minimum absolute atomic E-state index is 0.00177. The van der Waals surface area contributed by atoms with Crippen LogP contribution in [-0.4, -0.2) is 72.3 Å². The van der Waals surface area contributed by atoms with Gasteiger partial charge in [-0.15, -0.1) is 0 Å². The molecule has 1 aliphatic rings. The summed E-state index contributed by atoms with van der Waals surface area (Å²) < 4.78 is 0. The lowest BCUT2D eigenvalue weighted by Crippen LogP contribution is -2.51. The van der Waals surface area contributed by atoms with E-state index in [1.54, 1.807) is 29.2 Å². The molecule has 1 saturated heterocycles. The predicted octanol–water partition coefficient (Wildman–Crippen LogP) is 2.36. The Bertz CT molecular complexity index is 550. The molecule has 2 rings (SSSR count). The molecule has 0 unspecified atom stereocenters. The van der Waals surface area contributed by atoms with E-state index in [4.69, 9.17) is 11.6 Å². The van der Waals surface area contributed by atoms with Gasteiger partial charge >= 0.3 is 0 Å². The highest BCUT2D eigenvalue weighted by molar-refractivity contribution is 6.30. The summed E-state index contributed by atoms with van der Waals surface area (Å²) in [6.07, 6.45) is 0.548. The number of carbonyl (C=O) groups is 2. The Morgan fingerprint density at radius 1 is 1.00 bits per heavy atom. The molecule has 0 saturated carbocycles. The molecule has 0 aliphatic carbocycles. The molecule has 2 amide bonds. The van der Waals surface area contributed by atoms with Crippen molar-refractivity contribution in [1.82, 2.24) is 14.7 Å². The van der Waals surface area contributed by atoms with Gasteiger partial charge in [-0.2, -0.15) is 0 Å². The quantitative estimate of drug-likeness (QED) is 0.790. The standard InChI is InChI=1S/C18H26ClN3O2/c1-3-20(4-2)10-9-17(23)21-11-13-22(14-12-21)18(24)15-5-7-16(19)8-6-15/h5-8H,3-4,9-14H2,1-2H3. The van der Waals surface area contributed by atoms with Gasteiger partial charge in [0.1, 0.15) is 0 Å². The summed E-state index contributed by atoms with van der Waals surface area (Å²) in [5.41, 5.74) is 0.640.